The number of nitrogens with zero attached hydrogens (tertiary/aromatic N) is 2. The molecule has 0 aromatic rings. The first kappa shape index (κ1) is 17.3. The minimum absolute atomic E-state index is 0.445. The second-order valence-electron chi connectivity index (χ2n) is 6.37. The van der Waals surface area contributed by atoms with Crippen molar-refractivity contribution in [2.24, 2.45) is 5.41 Å². The molecule has 0 aromatic heterocycles. The van der Waals surface area contributed by atoms with E-state index in [4.69, 9.17) is 12.6 Å². The van der Waals surface area contributed by atoms with E-state index in [-0.39, 0.29) is 0 Å². The predicted octanol–water partition coefficient (Wildman–Crippen LogP) is 3.53. The molecule has 1 unspecified atom stereocenters. The van der Waals surface area contributed by atoms with Crippen molar-refractivity contribution in [1.29, 1.82) is 0 Å². The van der Waals surface area contributed by atoms with Crippen LogP contribution in [0, 0.1) is 5.41 Å². The molecule has 1 saturated heterocycles. The van der Waals surface area contributed by atoms with Crippen molar-refractivity contribution in [2.75, 3.05) is 38.5 Å². The van der Waals surface area contributed by atoms with Crippen LogP contribution in [0.1, 0.15) is 53.4 Å². The summed E-state index contributed by atoms with van der Waals surface area (Å²) in [5.74, 6) is 1.04. The summed E-state index contributed by atoms with van der Waals surface area (Å²) >= 11 is 4.69. The molecule has 0 N–H and O–H groups in total. The number of hydrogen-bond acceptors (Lipinski definition) is 3. The maximum atomic E-state index is 4.69. The second-order valence-corrected chi connectivity index (χ2v) is 6.69. The Morgan fingerprint density at radius 3 is 2.16 bits per heavy atom. The van der Waals surface area contributed by atoms with Gasteiger partial charge >= 0.3 is 0 Å². The highest BCUT2D eigenvalue weighted by Crippen LogP contribution is 2.33. The Balaban J connectivity index is 2.59. The van der Waals surface area contributed by atoms with Gasteiger partial charge in [0, 0.05) is 32.2 Å². The van der Waals surface area contributed by atoms with E-state index >= 15 is 0 Å². The molecule has 114 valence electrons. The fourth-order valence-corrected chi connectivity index (χ4v) is 4.13. The lowest BCUT2D eigenvalue weighted by Gasteiger charge is -2.44. The standard InChI is InChI=1S/C16H34N2S/c1-5-8-16(14-19,9-6-2)13-17-10-11-18(7-3)15(4)12-17/h15,19H,5-14H2,1-4H3. The van der Waals surface area contributed by atoms with Gasteiger partial charge in [-0.05, 0) is 37.5 Å². The number of rotatable bonds is 8. The monoisotopic (exact) mass is 286 g/mol. The van der Waals surface area contributed by atoms with E-state index in [2.05, 4.69) is 37.5 Å². The van der Waals surface area contributed by atoms with Gasteiger partial charge < -0.3 is 0 Å². The lowest BCUT2D eigenvalue weighted by atomic mass is 9.80. The van der Waals surface area contributed by atoms with Crippen molar-refractivity contribution in [3.8, 4) is 0 Å². The molecular weight excluding hydrogens is 252 g/mol. The summed E-state index contributed by atoms with van der Waals surface area (Å²) in [5.41, 5.74) is 0.445. The van der Waals surface area contributed by atoms with E-state index in [0.29, 0.717) is 11.5 Å². The lowest BCUT2D eigenvalue weighted by molar-refractivity contribution is 0.0537. The van der Waals surface area contributed by atoms with Gasteiger partial charge in [0.2, 0.25) is 0 Å². The summed E-state index contributed by atoms with van der Waals surface area (Å²) < 4.78 is 0. The third-order valence-corrected chi connectivity index (χ3v) is 5.38. The smallest absolute Gasteiger partial charge is 0.0195 e. The van der Waals surface area contributed by atoms with Crippen LogP contribution in [0.4, 0.5) is 0 Å². The van der Waals surface area contributed by atoms with Crippen LogP contribution in [-0.4, -0.2) is 54.3 Å². The summed E-state index contributed by atoms with van der Waals surface area (Å²) in [6.07, 6.45) is 5.22. The van der Waals surface area contributed by atoms with E-state index in [1.807, 2.05) is 0 Å². The van der Waals surface area contributed by atoms with Crippen molar-refractivity contribution in [3.05, 3.63) is 0 Å². The third-order valence-electron chi connectivity index (χ3n) is 4.71. The molecule has 1 fully saturated rings. The Kier molecular flexibility index (Phi) is 7.78. The normalized spacial score (nSPS) is 22.9. The van der Waals surface area contributed by atoms with Gasteiger partial charge in [0.05, 0.1) is 0 Å². The summed E-state index contributed by atoms with van der Waals surface area (Å²) in [5, 5.41) is 0. The molecule has 1 aliphatic rings. The minimum atomic E-state index is 0.445. The van der Waals surface area contributed by atoms with E-state index in [9.17, 15) is 0 Å². The van der Waals surface area contributed by atoms with Crippen molar-refractivity contribution in [3.63, 3.8) is 0 Å². The fraction of sp³-hybridized carbons (Fsp3) is 1.00. The van der Waals surface area contributed by atoms with Gasteiger partial charge in [-0.2, -0.15) is 12.6 Å². The highest BCUT2D eigenvalue weighted by Gasteiger charge is 2.32. The van der Waals surface area contributed by atoms with Gasteiger partial charge in [0.15, 0.2) is 0 Å². The van der Waals surface area contributed by atoms with Crippen LogP contribution in [0.25, 0.3) is 0 Å². The van der Waals surface area contributed by atoms with Crippen molar-refractivity contribution in [2.45, 2.75) is 59.4 Å². The molecule has 1 rings (SSSR count). The summed E-state index contributed by atoms with van der Waals surface area (Å²) in [4.78, 5) is 5.29. The number of likely N-dealkylation sites (N-methyl/N-ethyl adjacent to an activating group) is 1. The SMILES string of the molecule is CCCC(CS)(CCC)CN1CCN(CC)C(C)C1. The topological polar surface area (TPSA) is 6.48 Å². The van der Waals surface area contributed by atoms with E-state index in [0.717, 1.165) is 5.75 Å². The van der Waals surface area contributed by atoms with Crippen LogP contribution in [0.15, 0.2) is 0 Å². The lowest BCUT2D eigenvalue weighted by Crippen LogP contribution is -2.54. The Labute approximate surface area is 126 Å². The first-order chi connectivity index (χ1) is 9.10. The van der Waals surface area contributed by atoms with Crippen molar-refractivity contribution < 1.29 is 0 Å². The molecule has 0 spiro atoms. The Bertz CT molecular complexity index is 239. The molecule has 0 bridgehead atoms. The maximum absolute atomic E-state index is 4.69. The van der Waals surface area contributed by atoms with E-state index in [1.54, 1.807) is 0 Å². The molecule has 0 aromatic carbocycles. The predicted molar refractivity (Wildman–Crippen MR) is 89.3 cm³/mol. The number of hydrogen-bond donors (Lipinski definition) is 1. The first-order valence-electron chi connectivity index (χ1n) is 8.18. The van der Waals surface area contributed by atoms with Gasteiger partial charge in [-0.1, -0.05) is 33.6 Å². The molecular formula is C16H34N2S. The van der Waals surface area contributed by atoms with Gasteiger partial charge in [-0.25, -0.2) is 0 Å². The number of thiol groups is 1. The first-order valence-corrected chi connectivity index (χ1v) is 8.81. The Hall–Kier alpha value is 0.270. The molecule has 19 heavy (non-hydrogen) atoms. The number of piperazine rings is 1. The fourth-order valence-electron chi connectivity index (χ4n) is 3.71. The highest BCUT2D eigenvalue weighted by atomic mass is 32.1. The Morgan fingerprint density at radius 1 is 1.11 bits per heavy atom. The molecule has 0 saturated carbocycles. The van der Waals surface area contributed by atoms with Crippen LogP contribution in [0.5, 0.6) is 0 Å². The van der Waals surface area contributed by atoms with E-state index < -0.39 is 0 Å². The molecule has 2 nitrogen and oxygen atoms in total. The van der Waals surface area contributed by atoms with Crippen LogP contribution in [-0.2, 0) is 0 Å². The molecule has 0 radical (unpaired) electrons. The molecule has 1 aliphatic heterocycles. The average molecular weight is 287 g/mol. The second kappa shape index (κ2) is 8.53. The maximum Gasteiger partial charge on any atom is 0.0195 e. The van der Waals surface area contributed by atoms with Crippen LogP contribution in [0.2, 0.25) is 0 Å². The zero-order valence-corrected chi connectivity index (χ0v) is 14.4. The van der Waals surface area contributed by atoms with Crippen LogP contribution < -0.4 is 0 Å². The summed E-state index contributed by atoms with van der Waals surface area (Å²) in [6.45, 7) is 15.4. The highest BCUT2D eigenvalue weighted by molar-refractivity contribution is 7.80. The van der Waals surface area contributed by atoms with Crippen molar-refractivity contribution >= 4 is 12.6 Å². The van der Waals surface area contributed by atoms with Crippen molar-refractivity contribution in [1.82, 2.24) is 9.80 Å². The van der Waals surface area contributed by atoms with Gasteiger partial charge in [-0.3, -0.25) is 9.80 Å². The van der Waals surface area contributed by atoms with E-state index in [1.165, 1.54) is 58.4 Å². The van der Waals surface area contributed by atoms with Crippen LogP contribution in [0.3, 0.4) is 0 Å². The molecule has 0 amide bonds. The summed E-state index contributed by atoms with van der Waals surface area (Å²) in [6, 6.07) is 0.708. The summed E-state index contributed by atoms with van der Waals surface area (Å²) in [7, 11) is 0. The molecule has 0 aliphatic carbocycles. The van der Waals surface area contributed by atoms with Gasteiger partial charge in [0.1, 0.15) is 0 Å². The van der Waals surface area contributed by atoms with Crippen LogP contribution >= 0.6 is 12.6 Å². The van der Waals surface area contributed by atoms with Gasteiger partial charge in [0.25, 0.3) is 0 Å². The quantitative estimate of drug-likeness (QED) is 0.682. The zero-order chi connectivity index (χ0) is 14.3. The Morgan fingerprint density at radius 2 is 1.74 bits per heavy atom. The molecule has 3 heteroatoms. The van der Waals surface area contributed by atoms with Gasteiger partial charge in [-0.15, -0.1) is 0 Å². The minimum Gasteiger partial charge on any atom is -0.300 e. The molecule has 1 heterocycles. The largest absolute Gasteiger partial charge is 0.300 e. The zero-order valence-electron chi connectivity index (χ0n) is 13.5. The average Bonchev–Trinajstić information content (AvgIpc) is 2.39. The molecule has 1 atom stereocenters. The third kappa shape index (κ3) is 4.95.